The molecule has 1 N–H and O–H groups in total. The van der Waals surface area contributed by atoms with Gasteiger partial charge >= 0.3 is 0 Å². The molecule has 1 saturated heterocycles. The summed E-state index contributed by atoms with van der Waals surface area (Å²) < 4.78 is 16.7. The zero-order valence-corrected chi connectivity index (χ0v) is 18.2. The van der Waals surface area contributed by atoms with Crippen molar-refractivity contribution >= 4 is 34.7 Å². The predicted octanol–water partition coefficient (Wildman–Crippen LogP) is 3.76. The Hall–Kier alpha value is -3.72. The number of anilines is 1. The van der Waals surface area contributed by atoms with Crippen molar-refractivity contribution in [3.05, 3.63) is 69.6 Å². The zero-order chi connectivity index (χ0) is 22.4. The number of nitrogens with zero attached hydrogens (tertiary/aromatic N) is 2. The molecule has 5 rings (SSSR count). The maximum Gasteiger partial charge on any atom is 0.296 e. The number of carbonyl (C=O) groups is 2. The molecule has 9 heteroatoms. The van der Waals surface area contributed by atoms with Crippen LogP contribution in [0.15, 0.2) is 57.8 Å². The molecule has 1 fully saturated rings. The summed E-state index contributed by atoms with van der Waals surface area (Å²) >= 11 is 1.49. The maximum atomic E-state index is 13.1. The third kappa shape index (κ3) is 3.31. The number of hydrogen-bond acceptors (Lipinski definition) is 8. The number of fused-ring (bicyclic) bond motifs is 1. The van der Waals surface area contributed by atoms with Gasteiger partial charge in [-0.15, -0.1) is 11.3 Å². The third-order valence-corrected chi connectivity index (χ3v) is 6.28. The van der Waals surface area contributed by atoms with Gasteiger partial charge in [0, 0.05) is 30.6 Å². The van der Waals surface area contributed by atoms with E-state index in [0.29, 0.717) is 28.7 Å². The molecular weight excluding hydrogens is 432 g/mol. The Bertz CT molecular complexity index is 1230. The average Bonchev–Trinajstić information content (AvgIpc) is 3.57. The first-order chi connectivity index (χ1) is 15.4. The number of ketones is 1. The van der Waals surface area contributed by atoms with E-state index in [2.05, 4.69) is 0 Å². The van der Waals surface area contributed by atoms with E-state index in [1.165, 1.54) is 16.2 Å². The highest BCUT2D eigenvalue weighted by atomic mass is 32.1. The smallest absolute Gasteiger partial charge is 0.296 e. The average molecular weight is 452 g/mol. The van der Waals surface area contributed by atoms with Crippen LogP contribution in [0.2, 0.25) is 0 Å². The van der Waals surface area contributed by atoms with Crippen LogP contribution in [0.1, 0.15) is 22.2 Å². The number of aliphatic hydroxyl groups excluding tert-OH is 1. The van der Waals surface area contributed by atoms with Crippen molar-refractivity contribution in [1.29, 1.82) is 0 Å². The first-order valence-corrected chi connectivity index (χ1v) is 10.8. The number of ether oxygens (including phenoxy) is 2. The number of thiophene rings is 1. The van der Waals surface area contributed by atoms with Crippen molar-refractivity contribution in [3.63, 3.8) is 0 Å². The van der Waals surface area contributed by atoms with Crippen LogP contribution < -0.4 is 14.4 Å². The van der Waals surface area contributed by atoms with E-state index in [-0.39, 0.29) is 24.7 Å². The van der Waals surface area contributed by atoms with Crippen LogP contribution in [0.5, 0.6) is 11.5 Å². The molecule has 0 spiro atoms. The molecule has 0 saturated carbocycles. The second-order valence-electron chi connectivity index (χ2n) is 7.64. The quantitative estimate of drug-likeness (QED) is 0.358. The number of likely N-dealkylation sites (tertiary alicyclic amines) is 1. The lowest BCUT2D eigenvalue weighted by molar-refractivity contribution is -0.140. The molecule has 3 aromatic rings. The molecule has 32 heavy (non-hydrogen) atoms. The molecule has 4 heterocycles. The monoisotopic (exact) mass is 452 g/mol. The number of furan rings is 1. The molecule has 164 valence electrons. The van der Waals surface area contributed by atoms with Crippen LogP contribution in [-0.4, -0.2) is 42.6 Å². The Morgan fingerprint density at radius 3 is 2.69 bits per heavy atom. The second kappa shape index (κ2) is 7.76. The number of benzene rings is 1. The van der Waals surface area contributed by atoms with Crippen LogP contribution in [0, 0.1) is 0 Å². The third-order valence-electron chi connectivity index (χ3n) is 5.42. The van der Waals surface area contributed by atoms with Crippen LogP contribution in [0.25, 0.3) is 5.76 Å². The van der Waals surface area contributed by atoms with E-state index >= 15 is 0 Å². The lowest BCUT2D eigenvalue weighted by Gasteiger charge is -2.23. The number of carbonyl (C=O) groups excluding carboxylic acids is 2. The summed E-state index contributed by atoms with van der Waals surface area (Å²) in [5.41, 5.74) is 0.331. The summed E-state index contributed by atoms with van der Waals surface area (Å²) in [5, 5.41) is 13.1. The van der Waals surface area contributed by atoms with Crippen molar-refractivity contribution in [3.8, 4) is 11.5 Å². The Morgan fingerprint density at radius 2 is 1.97 bits per heavy atom. The highest BCUT2D eigenvalue weighted by Crippen LogP contribution is 2.43. The van der Waals surface area contributed by atoms with Gasteiger partial charge in [-0.05, 0) is 35.7 Å². The minimum Gasteiger partial charge on any atom is -0.507 e. The molecule has 0 bridgehead atoms. The molecule has 1 atom stereocenters. The Balaban J connectivity index is 1.63. The SMILES string of the molecule is CN(C)c1ccc(C2/C(=C(\O)c3ccc4c(c3)OCO4)C(=O)C(=O)N2Cc2cccs2)o1. The molecule has 1 unspecified atom stereocenters. The summed E-state index contributed by atoms with van der Waals surface area (Å²) in [5.74, 6) is 0.252. The van der Waals surface area contributed by atoms with Crippen molar-refractivity contribution in [1.82, 2.24) is 4.90 Å². The number of amides is 1. The molecule has 0 aliphatic carbocycles. The van der Waals surface area contributed by atoms with Gasteiger partial charge in [0.05, 0.1) is 12.1 Å². The Morgan fingerprint density at radius 1 is 1.16 bits per heavy atom. The van der Waals surface area contributed by atoms with Crippen LogP contribution >= 0.6 is 11.3 Å². The first kappa shape index (κ1) is 20.2. The fourth-order valence-corrected chi connectivity index (χ4v) is 4.54. The molecule has 2 aliphatic heterocycles. The van der Waals surface area contributed by atoms with Crippen molar-refractivity contribution in [2.75, 3.05) is 25.8 Å². The Labute approximate surface area is 187 Å². The Kier molecular flexibility index (Phi) is 4.90. The molecule has 1 aromatic carbocycles. The predicted molar refractivity (Wildman–Crippen MR) is 118 cm³/mol. The van der Waals surface area contributed by atoms with Crippen molar-refractivity contribution < 1.29 is 28.6 Å². The van der Waals surface area contributed by atoms with Gasteiger partial charge in [0.25, 0.3) is 11.7 Å². The van der Waals surface area contributed by atoms with E-state index in [4.69, 9.17) is 13.9 Å². The maximum absolute atomic E-state index is 13.1. The zero-order valence-electron chi connectivity index (χ0n) is 17.4. The summed E-state index contributed by atoms with van der Waals surface area (Å²) in [6.45, 7) is 0.313. The minimum atomic E-state index is -0.865. The number of hydrogen-bond donors (Lipinski definition) is 1. The summed E-state index contributed by atoms with van der Waals surface area (Å²) in [6.07, 6.45) is 0. The lowest BCUT2D eigenvalue weighted by Crippen LogP contribution is -2.28. The fourth-order valence-electron chi connectivity index (χ4n) is 3.84. The van der Waals surface area contributed by atoms with Crippen molar-refractivity contribution in [2.45, 2.75) is 12.6 Å². The topological polar surface area (TPSA) is 92.5 Å². The van der Waals surface area contributed by atoms with Crippen molar-refractivity contribution in [2.24, 2.45) is 0 Å². The van der Waals surface area contributed by atoms with E-state index < -0.39 is 17.7 Å². The van der Waals surface area contributed by atoms with Gasteiger partial charge in [0.1, 0.15) is 17.6 Å². The van der Waals surface area contributed by atoms with E-state index in [0.717, 1.165) is 4.88 Å². The molecule has 2 aromatic heterocycles. The summed E-state index contributed by atoms with van der Waals surface area (Å²) in [7, 11) is 3.66. The van der Waals surface area contributed by atoms with Gasteiger partial charge in [0.15, 0.2) is 17.4 Å². The van der Waals surface area contributed by atoms with Crippen LogP contribution in [0.3, 0.4) is 0 Å². The van der Waals surface area contributed by atoms with E-state index in [1.54, 1.807) is 35.2 Å². The summed E-state index contributed by atoms with van der Waals surface area (Å²) in [4.78, 5) is 30.3. The van der Waals surface area contributed by atoms with Crippen LogP contribution in [0.4, 0.5) is 5.88 Å². The molecule has 2 aliphatic rings. The normalized spacial score (nSPS) is 19.1. The number of aliphatic hydroxyl groups is 1. The molecule has 8 nitrogen and oxygen atoms in total. The van der Waals surface area contributed by atoms with E-state index in [1.807, 2.05) is 31.6 Å². The fraction of sp³-hybridized carbons (Fsp3) is 0.217. The van der Waals surface area contributed by atoms with Gasteiger partial charge in [0.2, 0.25) is 6.79 Å². The highest BCUT2D eigenvalue weighted by Gasteiger charge is 2.47. The second-order valence-corrected chi connectivity index (χ2v) is 8.68. The largest absolute Gasteiger partial charge is 0.507 e. The standard InChI is InChI=1S/C23H20N2O6S/c1-24(2)18-8-7-16(31-18)20-19(21(26)13-5-6-15-17(10-13)30-12-29-15)22(27)23(28)25(20)11-14-4-3-9-32-14/h3-10,20,26H,11-12H2,1-2H3/b21-19+. The summed E-state index contributed by atoms with van der Waals surface area (Å²) in [6, 6.07) is 11.3. The van der Waals surface area contributed by atoms with Crippen LogP contribution in [-0.2, 0) is 16.1 Å². The van der Waals surface area contributed by atoms with Gasteiger partial charge in [-0.25, -0.2) is 0 Å². The van der Waals surface area contributed by atoms with Gasteiger partial charge in [-0.2, -0.15) is 0 Å². The molecular formula is C23H20N2O6S. The minimum absolute atomic E-state index is 0.0231. The lowest BCUT2D eigenvalue weighted by atomic mass is 9.99. The highest BCUT2D eigenvalue weighted by molar-refractivity contribution is 7.09. The van der Waals surface area contributed by atoms with Gasteiger partial charge in [-0.1, -0.05) is 6.07 Å². The number of Topliss-reactive ketones (excluding diaryl/α,β-unsaturated/α-hetero) is 1. The van der Waals surface area contributed by atoms with Gasteiger partial charge in [-0.3, -0.25) is 9.59 Å². The number of rotatable bonds is 5. The van der Waals surface area contributed by atoms with E-state index in [9.17, 15) is 14.7 Å². The van der Waals surface area contributed by atoms with Gasteiger partial charge < -0.3 is 28.8 Å². The molecule has 0 radical (unpaired) electrons. The first-order valence-electron chi connectivity index (χ1n) is 9.92. The molecule has 1 amide bonds.